The van der Waals surface area contributed by atoms with Crippen LogP contribution >= 0.6 is 11.8 Å². The first-order valence-corrected chi connectivity index (χ1v) is 10.3. The number of anilines is 1. The van der Waals surface area contributed by atoms with Gasteiger partial charge in [-0.15, -0.1) is 13.2 Å². The second-order valence-electron chi connectivity index (χ2n) is 6.93. The fourth-order valence-electron chi connectivity index (χ4n) is 3.80. The van der Waals surface area contributed by atoms with Gasteiger partial charge in [-0.3, -0.25) is 9.89 Å². The second-order valence-corrected chi connectivity index (χ2v) is 8.15. The molecule has 1 aromatic rings. The minimum Gasteiger partial charge on any atom is -0.406 e. The van der Waals surface area contributed by atoms with Crippen molar-refractivity contribution in [2.45, 2.75) is 37.6 Å². The zero-order valence-corrected chi connectivity index (χ0v) is 15.9. The molecule has 1 aromatic carbocycles. The molecule has 0 radical (unpaired) electrons. The van der Waals surface area contributed by atoms with Crippen molar-refractivity contribution in [3.05, 3.63) is 24.3 Å². The van der Waals surface area contributed by atoms with Crippen LogP contribution in [0, 0.1) is 0 Å². The van der Waals surface area contributed by atoms with Crippen molar-refractivity contribution >= 4 is 23.4 Å². The summed E-state index contributed by atoms with van der Waals surface area (Å²) in [5.41, 5.74) is 6.68. The molecule has 9 heteroatoms. The van der Waals surface area contributed by atoms with Crippen LogP contribution in [0.3, 0.4) is 0 Å². The monoisotopic (exact) mass is 402 g/mol. The van der Waals surface area contributed by atoms with Crippen LogP contribution < -0.4 is 15.8 Å². The average molecular weight is 402 g/mol. The highest BCUT2D eigenvalue weighted by Gasteiger charge is 2.39. The van der Waals surface area contributed by atoms with Crippen LogP contribution in [0.4, 0.5) is 18.9 Å². The molecule has 0 spiro atoms. The largest absolute Gasteiger partial charge is 0.573 e. The minimum absolute atomic E-state index is 0.0949. The first-order chi connectivity index (χ1) is 12.9. The van der Waals surface area contributed by atoms with Gasteiger partial charge in [0.25, 0.3) is 0 Å². The fraction of sp³-hybridized carbons (Fsp3) is 0.611. The number of hydrogen-bond donors (Lipinski definition) is 2. The van der Waals surface area contributed by atoms with E-state index in [0.717, 1.165) is 37.4 Å². The lowest BCUT2D eigenvalue weighted by Gasteiger charge is -2.42. The molecule has 3 rings (SSSR count). The molecule has 1 aliphatic heterocycles. The maximum Gasteiger partial charge on any atom is 0.573 e. The third kappa shape index (κ3) is 5.68. The Morgan fingerprint density at radius 2 is 1.81 bits per heavy atom. The summed E-state index contributed by atoms with van der Waals surface area (Å²) in [6.07, 6.45) is 0.00810. The van der Waals surface area contributed by atoms with Crippen molar-refractivity contribution < 1.29 is 17.9 Å². The number of nitrogens with one attached hydrogen (secondary N) is 1. The van der Waals surface area contributed by atoms with E-state index in [0.29, 0.717) is 12.2 Å². The fourth-order valence-corrected chi connectivity index (χ4v) is 4.71. The Bertz CT molecular complexity index is 639. The minimum atomic E-state index is -4.70. The molecule has 5 nitrogen and oxygen atoms in total. The molecule has 27 heavy (non-hydrogen) atoms. The number of nitrogens with two attached hydrogens (primary N) is 1. The molecular formula is C18H25F3N4OS. The van der Waals surface area contributed by atoms with Crippen LogP contribution in [-0.2, 0) is 0 Å². The molecule has 1 aliphatic carbocycles. The summed E-state index contributed by atoms with van der Waals surface area (Å²) in [6, 6.07) is 5.45. The molecule has 1 saturated carbocycles. The van der Waals surface area contributed by atoms with Gasteiger partial charge in [0, 0.05) is 35.8 Å². The van der Waals surface area contributed by atoms with Crippen molar-refractivity contribution in [2.75, 3.05) is 36.5 Å². The topological polar surface area (TPSA) is 62.9 Å². The number of alkyl halides is 3. The number of guanidine groups is 1. The van der Waals surface area contributed by atoms with E-state index < -0.39 is 6.36 Å². The van der Waals surface area contributed by atoms with Gasteiger partial charge in [0.2, 0.25) is 0 Å². The molecule has 2 aliphatic rings. The summed E-state index contributed by atoms with van der Waals surface area (Å²) in [5, 5.41) is 2.94. The predicted octanol–water partition coefficient (Wildman–Crippen LogP) is 3.67. The van der Waals surface area contributed by atoms with Crippen LogP contribution in [0.15, 0.2) is 29.3 Å². The Morgan fingerprint density at radius 1 is 1.19 bits per heavy atom. The number of thioether (sulfide) groups is 1. The van der Waals surface area contributed by atoms with Crippen molar-refractivity contribution in [1.82, 2.24) is 4.90 Å². The van der Waals surface area contributed by atoms with E-state index in [1.54, 1.807) is 0 Å². The van der Waals surface area contributed by atoms with E-state index in [1.807, 2.05) is 11.8 Å². The summed E-state index contributed by atoms with van der Waals surface area (Å²) in [7, 11) is 0. The number of aliphatic imine (C=N–C) groups is 1. The molecule has 3 N–H and O–H groups in total. The van der Waals surface area contributed by atoms with Crippen molar-refractivity contribution in [3.8, 4) is 5.75 Å². The van der Waals surface area contributed by atoms with Crippen molar-refractivity contribution in [2.24, 2.45) is 10.7 Å². The van der Waals surface area contributed by atoms with E-state index in [2.05, 4.69) is 19.9 Å². The first-order valence-electron chi connectivity index (χ1n) is 9.12. The molecule has 0 bridgehead atoms. The third-order valence-corrected chi connectivity index (χ3v) is 6.06. The van der Waals surface area contributed by atoms with Gasteiger partial charge in [0.05, 0.1) is 6.54 Å². The number of hydrogen-bond acceptors (Lipinski definition) is 4. The summed E-state index contributed by atoms with van der Waals surface area (Å²) < 4.78 is 40.5. The summed E-state index contributed by atoms with van der Waals surface area (Å²) in [6.45, 7) is 2.83. The molecule has 2 fully saturated rings. The Kier molecular flexibility index (Phi) is 6.41. The van der Waals surface area contributed by atoms with E-state index in [1.165, 1.54) is 37.1 Å². The number of halogens is 3. The Hall–Kier alpha value is -1.61. The summed E-state index contributed by atoms with van der Waals surface area (Å²) in [4.78, 5) is 7.12. The Morgan fingerprint density at radius 3 is 2.41 bits per heavy atom. The highest BCUT2D eigenvalue weighted by Crippen LogP contribution is 2.37. The van der Waals surface area contributed by atoms with Crippen molar-refractivity contribution in [3.63, 3.8) is 0 Å². The normalized spacial score (nSPS) is 21.2. The van der Waals surface area contributed by atoms with Gasteiger partial charge in [0.15, 0.2) is 5.96 Å². The van der Waals surface area contributed by atoms with E-state index in [9.17, 15) is 13.2 Å². The maximum absolute atomic E-state index is 12.2. The molecule has 1 heterocycles. The maximum atomic E-state index is 12.2. The van der Waals surface area contributed by atoms with E-state index in [4.69, 9.17) is 5.73 Å². The van der Waals surface area contributed by atoms with Gasteiger partial charge < -0.3 is 15.8 Å². The lowest BCUT2D eigenvalue weighted by Crippen LogP contribution is -2.52. The van der Waals surface area contributed by atoms with Crippen LogP contribution in [0.25, 0.3) is 0 Å². The molecule has 150 valence electrons. The van der Waals surface area contributed by atoms with Crippen LogP contribution in [0.5, 0.6) is 5.75 Å². The van der Waals surface area contributed by atoms with Gasteiger partial charge in [-0.1, -0.05) is 12.8 Å². The number of ether oxygens (including phenoxy) is 1. The SMILES string of the molecule is NC(=NCC1(N2CCSCC2)CCCC1)Nc1ccc(OC(F)(F)F)cc1. The van der Waals surface area contributed by atoms with Gasteiger partial charge >= 0.3 is 6.36 Å². The van der Waals surface area contributed by atoms with Crippen LogP contribution in [-0.4, -0.2) is 53.9 Å². The van der Waals surface area contributed by atoms with Gasteiger partial charge in [-0.2, -0.15) is 11.8 Å². The van der Waals surface area contributed by atoms with Crippen molar-refractivity contribution in [1.29, 1.82) is 0 Å². The molecule has 0 aromatic heterocycles. The van der Waals surface area contributed by atoms with Crippen LogP contribution in [0.2, 0.25) is 0 Å². The van der Waals surface area contributed by atoms with Gasteiger partial charge in [-0.05, 0) is 37.1 Å². The van der Waals surface area contributed by atoms with Gasteiger partial charge in [-0.25, -0.2) is 0 Å². The number of rotatable bonds is 5. The highest BCUT2D eigenvalue weighted by atomic mass is 32.2. The lowest BCUT2D eigenvalue weighted by atomic mass is 9.95. The summed E-state index contributed by atoms with van der Waals surface area (Å²) >= 11 is 1.99. The number of benzene rings is 1. The molecular weight excluding hydrogens is 377 g/mol. The summed E-state index contributed by atoms with van der Waals surface area (Å²) in [5.74, 6) is 2.32. The standard InChI is InChI=1S/C18H25F3N4OS/c19-18(20,21)26-15-5-3-14(4-6-15)24-16(22)23-13-17(7-1-2-8-17)25-9-11-27-12-10-25/h3-6H,1-2,7-13H2,(H3,22,23,24). The smallest absolute Gasteiger partial charge is 0.406 e. The highest BCUT2D eigenvalue weighted by molar-refractivity contribution is 7.99. The number of nitrogens with zero attached hydrogens (tertiary/aromatic N) is 2. The third-order valence-electron chi connectivity index (χ3n) is 5.12. The molecule has 0 amide bonds. The first kappa shape index (κ1) is 20.1. The predicted molar refractivity (Wildman–Crippen MR) is 103 cm³/mol. The zero-order valence-electron chi connectivity index (χ0n) is 15.1. The van der Waals surface area contributed by atoms with E-state index >= 15 is 0 Å². The average Bonchev–Trinajstić information content (AvgIpc) is 3.12. The molecule has 1 saturated heterocycles. The Labute approximate surface area is 161 Å². The molecule has 0 unspecified atom stereocenters. The van der Waals surface area contributed by atoms with Crippen LogP contribution in [0.1, 0.15) is 25.7 Å². The Balaban J connectivity index is 1.59. The quantitative estimate of drug-likeness (QED) is 0.581. The lowest BCUT2D eigenvalue weighted by molar-refractivity contribution is -0.274. The zero-order chi connectivity index (χ0) is 19.3. The molecule has 0 atom stereocenters. The van der Waals surface area contributed by atoms with Gasteiger partial charge in [0.1, 0.15) is 5.75 Å². The second kappa shape index (κ2) is 8.60. The van der Waals surface area contributed by atoms with E-state index in [-0.39, 0.29) is 17.2 Å².